The van der Waals surface area contributed by atoms with E-state index in [1.807, 2.05) is 7.05 Å². The Balaban J connectivity index is 0.00000225. The molecule has 0 aromatic heterocycles. The third-order valence-corrected chi connectivity index (χ3v) is 5.62. The molecule has 4 nitrogen and oxygen atoms in total. The van der Waals surface area contributed by atoms with Crippen LogP contribution < -0.4 is 5.32 Å². The molecular weight excluding hydrogens is 443 g/mol. The highest BCUT2D eigenvalue weighted by molar-refractivity contribution is 14.0. The van der Waals surface area contributed by atoms with Crippen LogP contribution in [0.5, 0.6) is 0 Å². The van der Waals surface area contributed by atoms with Crippen LogP contribution in [-0.2, 0) is 0 Å². The van der Waals surface area contributed by atoms with Crippen molar-refractivity contribution >= 4 is 47.3 Å². The van der Waals surface area contributed by atoms with Crippen LogP contribution >= 0.6 is 35.7 Å². The molecule has 0 saturated carbocycles. The maximum atomic E-state index is 4.47. The SMILES string of the molecule is CN=C(NCCN1CCSCC1)N1CC=C(c2ccccc2)CC1.I. The minimum absolute atomic E-state index is 0. The van der Waals surface area contributed by atoms with Crippen molar-refractivity contribution in [1.29, 1.82) is 0 Å². The molecule has 0 bridgehead atoms. The van der Waals surface area contributed by atoms with E-state index in [4.69, 9.17) is 0 Å². The molecule has 3 rings (SSSR count). The van der Waals surface area contributed by atoms with Crippen LogP contribution in [0.3, 0.4) is 0 Å². The van der Waals surface area contributed by atoms with Gasteiger partial charge in [0, 0.05) is 57.8 Å². The molecule has 1 aromatic rings. The number of hydrogen-bond acceptors (Lipinski definition) is 3. The Morgan fingerprint density at radius 2 is 1.92 bits per heavy atom. The van der Waals surface area contributed by atoms with Crippen LogP contribution in [0.15, 0.2) is 41.4 Å². The topological polar surface area (TPSA) is 30.9 Å². The summed E-state index contributed by atoms with van der Waals surface area (Å²) in [6.45, 7) is 6.49. The van der Waals surface area contributed by atoms with E-state index < -0.39 is 0 Å². The quantitative estimate of drug-likeness (QED) is 0.415. The molecule has 2 heterocycles. The maximum Gasteiger partial charge on any atom is 0.193 e. The van der Waals surface area contributed by atoms with Crippen LogP contribution in [0, 0.1) is 0 Å². The predicted octanol–water partition coefficient (Wildman–Crippen LogP) is 3.02. The number of guanidine groups is 1. The number of nitrogens with one attached hydrogen (secondary N) is 1. The van der Waals surface area contributed by atoms with Gasteiger partial charge in [-0.3, -0.25) is 9.89 Å². The Bertz CT molecular complexity index is 570. The average molecular weight is 472 g/mol. The van der Waals surface area contributed by atoms with Gasteiger partial charge in [0.05, 0.1) is 0 Å². The monoisotopic (exact) mass is 472 g/mol. The molecule has 0 atom stereocenters. The van der Waals surface area contributed by atoms with E-state index in [0.717, 1.165) is 38.6 Å². The Labute approximate surface area is 173 Å². The van der Waals surface area contributed by atoms with Crippen molar-refractivity contribution in [2.75, 3.05) is 57.8 Å². The van der Waals surface area contributed by atoms with Gasteiger partial charge in [-0.05, 0) is 17.6 Å². The molecule has 1 aromatic carbocycles. The fraction of sp³-hybridized carbons (Fsp3) is 0.526. The minimum Gasteiger partial charge on any atom is -0.355 e. The first kappa shape index (κ1) is 20.6. The van der Waals surface area contributed by atoms with Crippen molar-refractivity contribution in [3.05, 3.63) is 42.0 Å². The summed E-state index contributed by atoms with van der Waals surface area (Å²) in [5, 5.41) is 3.54. The molecule has 6 heteroatoms. The van der Waals surface area contributed by atoms with Gasteiger partial charge in [0.1, 0.15) is 0 Å². The zero-order chi connectivity index (χ0) is 16.6. The van der Waals surface area contributed by atoms with Gasteiger partial charge in [-0.1, -0.05) is 36.4 Å². The largest absolute Gasteiger partial charge is 0.355 e. The lowest BCUT2D eigenvalue weighted by atomic mass is 10.00. The summed E-state index contributed by atoms with van der Waals surface area (Å²) in [6.07, 6.45) is 3.42. The number of halogens is 1. The van der Waals surface area contributed by atoms with E-state index in [9.17, 15) is 0 Å². The first-order valence-corrected chi connectivity index (χ1v) is 10.0. The van der Waals surface area contributed by atoms with Crippen molar-refractivity contribution in [3.63, 3.8) is 0 Å². The Morgan fingerprint density at radius 3 is 2.56 bits per heavy atom. The van der Waals surface area contributed by atoms with Gasteiger partial charge in [0.2, 0.25) is 0 Å². The second kappa shape index (κ2) is 11.1. The fourth-order valence-corrected chi connectivity index (χ4v) is 4.24. The van der Waals surface area contributed by atoms with Crippen LogP contribution in [0.2, 0.25) is 0 Å². The van der Waals surface area contributed by atoms with Crippen molar-refractivity contribution in [2.24, 2.45) is 4.99 Å². The van der Waals surface area contributed by atoms with Gasteiger partial charge in [0.15, 0.2) is 5.96 Å². The summed E-state index contributed by atoms with van der Waals surface area (Å²) in [5.41, 5.74) is 2.80. The number of thioether (sulfide) groups is 1. The summed E-state index contributed by atoms with van der Waals surface area (Å²) in [4.78, 5) is 9.36. The average Bonchev–Trinajstić information content (AvgIpc) is 2.67. The summed E-state index contributed by atoms with van der Waals surface area (Å²) < 4.78 is 0. The van der Waals surface area contributed by atoms with Gasteiger partial charge in [-0.15, -0.1) is 24.0 Å². The van der Waals surface area contributed by atoms with Crippen molar-refractivity contribution < 1.29 is 0 Å². The molecule has 1 N–H and O–H groups in total. The minimum atomic E-state index is 0. The van der Waals surface area contributed by atoms with E-state index in [1.54, 1.807) is 0 Å². The summed E-state index contributed by atoms with van der Waals surface area (Å²) >= 11 is 2.06. The fourth-order valence-electron chi connectivity index (χ4n) is 3.26. The second-order valence-electron chi connectivity index (χ2n) is 6.22. The van der Waals surface area contributed by atoms with E-state index >= 15 is 0 Å². The molecule has 138 valence electrons. The van der Waals surface area contributed by atoms with E-state index in [0.29, 0.717) is 0 Å². The first-order chi connectivity index (χ1) is 11.9. The number of nitrogens with zero attached hydrogens (tertiary/aromatic N) is 3. The lowest BCUT2D eigenvalue weighted by Crippen LogP contribution is -2.46. The van der Waals surface area contributed by atoms with Gasteiger partial charge in [0.25, 0.3) is 0 Å². The maximum absolute atomic E-state index is 4.47. The third-order valence-electron chi connectivity index (χ3n) is 4.68. The van der Waals surface area contributed by atoms with Crippen LogP contribution in [0.25, 0.3) is 5.57 Å². The van der Waals surface area contributed by atoms with E-state index in [2.05, 4.69) is 68.3 Å². The molecule has 1 saturated heterocycles. The first-order valence-electron chi connectivity index (χ1n) is 8.87. The summed E-state index contributed by atoms with van der Waals surface area (Å²) in [7, 11) is 1.89. The van der Waals surface area contributed by atoms with Crippen LogP contribution in [0.1, 0.15) is 12.0 Å². The lowest BCUT2D eigenvalue weighted by molar-refractivity contribution is 0.304. The Morgan fingerprint density at radius 1 is 1.16 bits per heavy atom. The third kappa shape index (κ3) is 6.18. The standard InChI is InChI=1S/C19H28N4S.HI/c1-20-19(21-9-12-22-13-15-24-16-14-22)23-10-7-18(8-11-23)17-5-3-2-4-6-17;/h2-7H,8-16H2,1H3,(H,20,21);1H. The summed E-state index contributed by atoms with van der Waals surface area (Å²) in [5.74, 6) is 3.58. The second-order valence-corrected chi connectivity index (χ2v) is 7.44. The van der Waals surface area contributed by atoms with Crippen LogP contribution in [-0.4, -0.2) is 73.6 Å². The molecule has 2 aliphatic heterocycles. The van der Waals surface area contributed by atoms with Crippen molar-refractivity contribution in [1.82, 2.24) is 15.1 Å². The molecule has 0 aliphatic carbocycles. The van der Waals surface area contributed by atoms with E-state index in [1.165, 1.54) is 35.7 Å². The van der Waals surface area contributed by atoms with E-state index in [-0.39, 0.29) is 24.0 Å². The Kier molecular flexibility index (Phi) is 9.12. The number of rotatable bonds is 4. The van der Waals surface area contributed by atoms with Gasteiger partial charge in [-0.2, -0.15) is 11.8 Å². The highest BCUT2D eigenvalue weighted by atomic mass is 127. The number of benzene rings is 1. The molecular formula is C19H29IN4S. The lowest BCUT2D eigenvalue weighted by Gasteiger charge is -2.31. The smallest absolute Gasteiger partial charge is 0.193 e. The molecule has 0 amide bonds. The van der Waals surface area contributed by atoms with Crippen molar-refractivity contribution in [3.8, 4) is 0 Å². The number of aliphatic imine (C=N–C) groups is 1. The highest BCUT2D eigenvalue weighted by Crippen LogP contribution is 2.21. The molecule has 25 heavy (non-hydrogen) atoms. The molecule has 1 fully saturated rings. The van der Waals surface area contributed by atoms with Gasteiger partial charge < -0.3 is 10.2 Å². The number of hydrogen-bond donors (Lipinski definition) is 1. The summed E-state index contributed by atoms with van der Waals surface area (Å²) in [6, 6.07) is 10.7. The molecule has 0 radical (unpaired) electrons. The zero-order valence-corrected chi connectivity index (χ0v) is 18.1. The molecule has 0 spiro atoms. The Hall–Kier alpha value is -0.730. The van der Waals surface area contributed by atoms with Crippen LogP contribution in [0.4, 0.5) is 0 Å². The molecule has 0 unspecified atom stereocenters. The molecule has 2 aliphatic rings. The van der Waals surface area contributed by atoms with Gasteiger partial charge >= 0.3 is 0 Å². The normalized spacial score (nSPS) is 19.2. The predicted molar refractivity (Wildman–Crippen MR) is 121 cm³/mol. The van der Waals surface area contributed by atoms with Gasteiger partial charge in [-0.25, -0.2) is 0 Å². The zero-order valence-electron chi connectivity index (χ0n) is 15.0. The highest BCUT2D eigenvalue weighted by Gasteiger charge is 2.16. The van der Waals surface area contributed by atoms with Crippen molar-refractivity contribution in [2.45, 2.75) is 6.42 Å².